The van der Waals surface area contributed by atoms with Crippen LogP contribution in [-0.4, -0.2) is 30.0 Å². The standard InChI is InChI=1S/C32H35NO5/c1-18(2)22-8-12-24(13-9-22)33-28(23-10-14-25(15-11-23)38-19(3)4)27(30(35)32(33)36)29(34)26-17-20(5)16-21(6)31(26)37-7/h8-19,28,34H,1-7H3/b29-27+. The zero-order valence-corrected chi connectivity index (χ0v) is 23.0. The van der Waals surface area contributed by atoms with Crippen LogP contribution in [0.4, 0.5) is 5.69 Å². The van der Waals surface area contributed by atoms with Crippen LogP contribution in [0.3, 0.4) is 0 Å². The van der Waals surface area contributed by atoms with E-state index in [1.165, 1.54) is 12.0 Å². The van der Waals surface area contributed by atoms with Crippen LogP contribution in [0, 0.1) is 13.8 Å². The monoisotopic (exact) mass is 513 g/mol. The molecule has 6 heteroatoms. The highest BCUT2D eigenvalue weighted by molar-refractivity contribution is 6.51. The summed E-state index contributed by atoms with van der Waals surface area (Å²) in [5.41, 5.74) is 4.49. The van der Waals surface area contributed by atoms with Crippen LogP contribution in [0.25, 0.3) is 5.76 Å². The number of amides is 1. The minimum Gasteiger partial charge on any atom is -0.507 e. The van der Waals surface area contributed by atoms with Crippen molar-refractivity contribution < 1.29 is 24.2 Å². The van der Waals surface area contributed by atoms with Crippen molar-refractivity contribution in [1.82, 2.24) is 0 Å². The highest BCUT2D eigenvalue weighted by Crippen LogP contribution is 2.44. The minimum atomic E-state index is -0.835. The molecule has 4 rings (SSSR count). The molecule has 0 radical (unpaired) electrons. The smallest absolute Gasteiger partial charge is 0.300 e. The minimum absolute atomic E-state index is 0.00276. The maximum absolute atomic E-state index is 13.6. The van der Waals surface area contributed by atoms with E-state index in [0.717, 1.165) is 16.7 Å². The summed E-state index contributed by atoms with van der Waals surface area (Å²) in [5, 5.41) is 11.6. The molecule has 1 aliphatic rings. The molecule has 198 valence electrons. The summed E-state index contributed by atoms with van der Waals surface area (Å²) in [6.45, 7) is 11.9. The Morgan fingerprint density at radius 1 is 0.921 bits per heavy atom. The Kier molecular flexibility index (Phi) is 7.63. The van der Waals surface area contributed by atoms with Gasteiger partial charge in [0.1, 0.15) is 17.3 Å². The molecule has 1 atom stereocenters. The number of nitrogens with zero attached hydrogens (tertiary/aromatic N) is 1. The Morgan fingerprint density at radius 2 is 1.55 bits per heavy atom. The molecule has 1 aliphatic heterocycles. The first-order chi connectivity index (χ1) is 18.0. The van der Waals surface area contributed by atoms with Gasteiger partial charge < -0.3 is 14.6 Å². The van der Waals surface area contributed by atoms with Crippen molar-refractivity contribution >= 4 is 23.1 Å². The molecular weight excluding hydrogens is 478 g/mol. The van der Waals surface area contributed by atoms with E-state index in [9.17, 15) is 14.7 Å². The van der Waals surface area contributed by atoms with Crippen molar-refractivity contribution in [3.05, 3.63) is 94.1 Å². The molecule has 1 heterocycles. The number of ketones is 1. The molecule has 6 nitrogen and oxygen atoms in total. The normalized spacial score (nSPS) is 17.0. The summed E-state index contributed by atoms with van der Waals surface area (Å²) in [4.78, 5) is 28.6. The number of rotatable bonds is 7. The van der Waals surface area contributed by atoms with E-state index >= 15 is 0 Å². The Balaban J connectivity index is 1.94. The summed E-state index contributed by atoms with van der Waals surface area (Å²) in [6, 6.07) is 17.8. The average Bonchev–Trinajstić information content (AvgIpc) is 3.13. The quantitative estimate of drug-likeness (QED) is 0.212. The molecule has 1 saturated heterocycles. The second kappa shape index (κ2) is 10.7. The lowest BCUT2D eigenvalue weighted by molar-refractivity contribution is -0.132. The summed E-state index contributed by atoms with van der Waals surface area (Å²) < 4.78 is 11.4. The highest BCUT2D eigenvalue weighted by atomic mass is 16.5. The zero-order chi connectivity index (χ0) is 27.7. The predicted molar refractivity (Wildman–Crippen MR) is 150 cm³/mol. The number of aliphatic hydroxyl groups is 1. The molecule has 1 amide bonds. The number of hydrogen-bond donors (Lipinski definition) is 1. The van der Waals surface area contributed by atoms with Gasteiger partial charge in [-0.05, 0) is 86.2 Å². The van der Waals surface area contributed by atoms with Gasteiger partial charge >= 0.3 is 0 Å². The second-order valence-electron chi connectivity index (χ2n) is 10.3. The van der Waals surface area contributed by atoms with Crippen molar-refractivity contribution in [3.8, 4) is 11.5 Å². The lowest BCUT2D eigenvalue weighted by Gasteiger charge is -2.26. The number of ether oxygens (including phenoxy) is 2. The number of carbonyl (C=O) groups excluding carboxylic acids is 2. The van der Waals surface area contributed by atoms with Gasteiger partial charge in [0, 0.05) is 5.69 Å². The van der Waals surface area contributed by atoms with Gasteiger partial charge in [-0.2, -0.15) is 0 Å². The van der Waals surface area contributed by atoms with Gasteiger partial charge in [-0.25, -0.2) is 0 Å². The molecule has 0 aromatic heterocycles. The molecule has 1 unspecified atom stereocenters. The highest BCUT2D eigenvalue weighted by Gasteiger charge is 2.47. The molecule has 0 saturated carbocycles. The maximum Gasteiger partial charge on any atom is 0.300 e. The van der Waals surface area contributed by atoms with Gasteiger partial charge in [0.15, 0.2) is 0 Å². The second-order valence-corrected chi connectivity index (χ2v) is 10.3. The van der Waals surface area contributed by atoms with E-state index in [4.69, 9.17) is 9.47 Å². The molecule has 0 bridgehead atoms. The van der Waals surface area contributed by atoms with E-state index in [2.05, 4.69) is 13.8 Å². The largest absolute Gasteiger partial charge is 0.507 e. The van der Waals surface area contributed by atoms with E-state index in [0.29, 0.717) is 34.2 Å². The van der Waals surface area contributed by atoms with E-state index < -0.39 is 17.7 Å². The predicted octanol–water partition coefficient (Wildman–Crippen LogP) is 6.85. The first-order valence-electron chi connectivity index (χ1n) is 12.9. The fourth-order valence-corrected chi connectivity index (χ4v) is 4.98. The van der Waals surface area contributed by atoms with Crippen LogP contribution in [0.1, 0.15) is 67.5 Å². The first-order valence-corrected chi connectivity index (χ1v) is 12.9. The van der Waals surface area contributed by atoms with Gasteiger partial charge in [0.2, 0.25) is 0 Å². The number of aryl methyl sites for hydroxylation is 2. The lowest BCUT2D eigenvalue weighted by atomic mass is 9.93. The van der Waals surface area contributed by atoms with Crippen molar-refractivity contribution in [2.24, 2.45) is 0 Å². The lowest BCUT2D eigenvalue weighted by Crippen LogP contribution is -2.29. The van der Waals surface area contributed by atoms with Crippen LogP contribution in [0.5, 0.6) is 11.5 Å². The number of Topliss-reactive ketones (excluding diaryl/α,β-unsaturated/α-hetero) is 1. The average molecular weight is 514 g/mol. The SMILES string of the molecule is COc1c(C)cc(C)cc1/C(O)=C1\C(=O)C(=O)N(c2ccc(C(C)C)cc2)C1c1ccc(OC(C)C)cc1. The van der Waals surface area contributed by atoms with Crippen molar-refractivity contribution in [1.29, 1.82) is 0 Å². The molecular formula is C32H35NO5. The molecule has 1 N–H and O–H groups in total. The molecule has 3 aromatic carbocycles. The number of hydrogen-bond acceptors (Lipinski definition) is 5. The third-order valence-corrected chi connectivity index (χ3v) is 6.73. The Bertz CT molecular complexity index is 1380. The van der Waals surface area contributed by atoms with Crippen molar-refractivity contribution in [2.45, 2.75) is 59.6 Å². The fraction of sp³-hybridized carbons (Fsp3) is 0.312. The van der Waals surface area contributed by atoms with E-state index in [-0.39, 0.29) is 17.4 Å². The summed E-state index contributed by atoms with van der Waals surface area (Å²) in [5.74, 6) is -0.247. The number of benzene rings is 3. The maximum atomic E-state index is 13.6. The Morgan fingerprint density at radius 3 is 2.11 bits per heavy atom. The first kappa shape index (κ1) is 27.0. The molecule has 38 heavy (non-hydrogen) atoms. The third kappa shape index (κ3) is 5.03. The molecule has 0 spiro atoms. The van der Waals surface area contributed by atoms with Gasteiger partial charge in [-0.15, -0.1) is 0 Å². The van der Waals surface area contributed by atoms with Gasteiger partial charge in [-0.3, -0.25) is 14.5 Å². The number of carbonyl (C=O) groups is 2. The topological polar surface area (TPSA) is 76.1 Å². The van der Waals surface area contributed by atoms with Gasteiger partial charge in [-0.1, -0.05) is 44.2 Å². The van der Waals surface area contributed by atoms with Crippen LogP contribution in [0.2, 0.25) is 0 Å². The van der Waals surface area contributed by atoms with Gasteiger partial charge in [0.05, 0.1) is 30.4 Å². The van der Waals surface area contributed by atoms with Crippen LogP contribution < -0.4 is 14.4 Å². The van der Waals surface area contributed by atoms with E-state index in [1.807, 2.05) is 82.3 Å². The number of anilines is 1. The molecule has 3 aromatic rings. The van der Waals surface area contributed by atoms with E-state index in [1.54, 1.807) is 6.07 Å². The van der Waals surface area contributed by atoms with Gasteiger partial charge in [0.25, 0.3) is 11.7 Å². The summed E-state index contributed by atoms with van der Waals surface area (Å²) in [7, 11) is 1.52. The molecule has 1 fully saturated rings. The number of methoxy groups -OCH3 is 1. The zero-order valence-electron chi connectivity index (χ0n) is 23.0. The summed E-state index contributed by atoms with van der Waals surface area (Å²) in [6.07, 6.45) is 0.00276. The van der Waals surface area contributed by atoms with Crippen LogP contribution >= 0.6 is 0 Å². The van der Waals surface area contributed by atoms with Crippen molar-refractivity contribution in [2.75, 3.05) is 12.0 Å². The number of aliphatic hydroxyl groups excluding tert-OH is 1. The third-order valence-electron chi connectivity index (χ3n) is 6.73. The van der Waals surface area contributed by atoms with Crippen LogP contribution in [0.15, 0.2) is 66.2 Å². The molecule has 0 aliphatic carbocycles. The Labute approximate surface area is 224 Å². The summed E-state index contributed by atoms with van der Waals surface area (Å²) >= 11 is 0. The van der Waals surface area contributed by atoms with Crippen LogP contribution in [-0.2, 0) is 9.59 Å². The fourth-order valence-electron chi connectivity index (χ4n) is 4.98. The Hall–Kier alpha value is -4.06. The van der Waals surface area contributed by atoms with Crippen molar-refractivity contribution in [3.63, 3.8) is 0 Å².